The Morgan fingerprint density at radius 3 is 2.64 bits per heavy atom. The molecular weight excluding hydrogens is 334 g/mol. The zero-order valence-corrected chi connectivity index (χ0v) is 14.2. The van der Waals surface area contributed by atoms with E-state index in [9.17, 15) is 0 Å². The van der Waals surface area contributed by atoms with Gasteiger partial charge in [0, 0.05) is 16.8 Å². The van der Waals surface area contributed by atoms with Crippen LogP contribution in [0.4, 0.5) is 5.82 Å². The van der Waals surface area contributed by atoms with Crippen LogP contribution in [0, 0.1) is 0 Å². The van der Waals surface area contributed by atoms with Crippen molar-refractivity contribution in [2.75, 3.05) is 5.32 Å². The van der Waals surface area contributed by atoms with Crippen molar-refractivity contribution in [1.29, 1.82) is 0 Å². The van der Waals surface area contributed by atoms with Gasteiger partial charge in [0.05, 0.1) is 18.3 Å². The Morgan fingerprint density at radius 1 is 0.960 bits per heavy atom. The molecule has 0 atom stereocenters. The molecule has 4 nitrogen and oxygen atoms in total. The fraction of sp³-hybridized carbons (Fsp3) is 0.100. The lowest BCUT2D eigenvalue weighted by molar-refractivity contribution is 0.518. The third-order valence-corrected chi connectivity index (χ3v) is 4.16. The Hall–Kier alpha value is -2.85. The molecule has 0 amide bonds. The second-order valence-corrected chi connectivity index (χ2v) is 6.18. The molecule has 0 aliphatic rings. The number of hydrogen-bond donors (Lipinski definition) is 1. The Bertz CT molecular complexity index is 985. The predicted octanol–water partition coefficient (Wildman–Crippen LogP) is 5.08. The lowest BCUT2D eigenvalue weighted by Crippen LogP contribution is -2.06. The van der Waals surface area contributed by atoms with Gasteiger partial charge in [0.15, 0.2) is 0 Å². The summed E-state index contributed by atoms with van der Waals surface area (Å²) in [6.07, 6.45) is 2.33. The number of halogens is 1. The first-order valence-electron chi connectivity index (χ1n) is 8.04. The number of aromatic nitrogens is 2. The van der Waals surface area contributed by atoms with Gasteiger partial charge >= 0.3 is 0 Å². The third kappa shape index (κ3) is 3.64. The summed E-state index contributed by atoms with van der Waals surface area (Å²) in [6.45, 7) is 0.562. The molecule has 4 aromatic rings. The topological polar surface area (TPSA) is 51.0 Å². The first-order valence-corrected chi connectivity index (χ1v) is 8.42. The van der Waals surface area contributed by atoms with Crippen molar-refractivity contribution in [3.63, 3.8) is 0 Å². The number of benzene rings is 2. The Labute approximate surface area is 150 Å². The van der Waals surface area contributed by atoms with Crippen LogP contribution in [-0.4, -0.2) is 9.97 Å². The number of hydrogen-bond acceptors (Lipinski definition) is 4. The molecule has 0 unspecified atom stereocenters. The fourth-order valence-electron chi connectivity index (χ4n) is 2.73. The number of nitrogens with one attached hydrogen (secondary N) is 1. The highest BCUT2D eigenvalue weighted by Crippen LogP contribution is 2.25. The maximum Gasteiger partial charge on any atom is 0.138 e. The van der Waals surface area contributed by atoms with Crippen molar-refractivity contribution in [3.8, 4) is 0 Å². The Kier molecular flexibility index (Phi) is 4.36. The molecular formula is C20H16ClN3O. The van der Waals surface area contributed by atoms with Gasteiger partial charge in [0.25, 0.3) is 0 Å². The number of nitrogens with zero attached hydrogens (tertiary/aromatic N) is 2. The average molecular weight is 350 g/mol. The van der Waals surface area contributed by atoms with Crippen molar-refractivity contribution < 1.29 is 4.42 Å². The first kappa shape index (κ1) is 15.7. The fourth-order valence-corrected chi connectivity index (χ4v) is 2.89. The van der Waals surface area contributed by atoms with Crippen LogP contribution in [0.25, 0.3) is 10.9 Å². The van der Waals surface area contributed by atoms with Crippen LogP contribution in [0.5, 0.6) is 0 Å². The lowest BCUT2D eigenvalue weighted by Gasteiger charge is -2.10. The smallest absolute Gasteiger partial charge is 0.138 e. The van der Waals surface area contributed by atoms with Gasteiger partial charge in [-0.1, -0.05) is 41.9 Å². The highest BCUT2D eigenvalue weighted by Gasteiger charge is 2.09. The maximum absolute atomic E-state index is 6.15. The highest BCUT2D eigenvalue weighted by atomic mass is 35.5. The predicted molar refractivity (Wildman–Crippen MR) is 99.8 cm³/mol. The van der Waals surface area contributed by atoms with Crippen molar-refractivity contribution in [2.45, 2.75) is 13.0 Å². The Morgan fingerprint density at radius 2 is 1.84 bits per heavy atom. The minimum absolute atomic E-state index is 0.562. The Balaban J connectivity index is 1.70. The van der Waals surface area contributed by atoms with Crippen LogP contribution in [0.15, 0.2) is 71.3 Å². The van der Waals surface area contributed by atoms with Gasteiger partial charge in [-0.05, 0) is 35.9 Å². The molecule has 0 aliphatic heterocycles. The number of fused-ring (bicyclic) bond motifs is 1. The van der Waals surface area contributed by atoms with Gasteiger partial charge < -0.3 is 9.73 Å². The van der Waals surface area contributed by atoms with Gasteiger partial charge in [-0.2, -0.15) is 0 Å². The standard InChI is InChI=1S/C20H16ClN3O/c21-15-8-9-17-18(12-15)23-19(11-14-5-2-1-3-6-14)24-20(17)22-13-16-7-4-10-25-16/h1-10,12H,11,13H2,(H,22,23,24). The molecule has 0 bridgehead atoms. The van der Waals surface area contributed by atoms with Crippen LogP contribution >= 0.6 is 11.6 Å². The maximum atomic E-state index is 6.15. The summed E-state index contributed by atoms with van der Waals surface area (Å²) >= 11 is 6.15. The molecule has 0 radical (unpaired) electrons. The van der Waals surface area contributed by atoms with E-state index in [1.54, 1.807) is 6.26 Å². The zero-order chi connectivity index (χ0) is 17.1. The van der Waals surface area contributed by atoms with Crippen molar-refractivity contribution >= 4 is 28.3 Å². The van der Waals surface area contributed by atoms with Crippen LogP contribution < -0.4 is 5.32 Å². The summed E-state index contributed by atoms with van der Waals surface area (Å²) in [5.74, 6) is 2.39. The number of anilines is 1. The van der Waals surface area contributed by atoms with E-state index in [1.807, 2.05) is 48.5 Å². The van der Waals surface area contributed by atoms with Gasteiger partial charge in [0.1, 0.15) is 17.4 Å². The molecule has 0 spiro atoms. The molecule has 0 aliphatic carbocycles. The number of rotatable bonds is 5. The minimum Gasteiger partial charge on any atom is -0.467 e. The third-order valence-electron chi connectivity index (χ3n) is 3.92. The van der Waals surface area contributed by atoms with Gasteiger partial charge in [-0.15, -0.1) is 0 Å². The quantitative estimate of drug-likeness (QED) is 0.546. The monoisotopic (exact) mass is 349 g/mol. The summed E-state index contributed by atoms with van der Waals surface area (Å²) < 4.78 is 5.39. The molecule has 5 heteroatoms. The van der Waals surface area contributed by atoms with E-state index in [1.165, 1.54) is 5.56 Å². The molecule has 124 valence electrons. The zero-order valence-electron chi connectivity index (χ0n) is 13.4. The number of furan rings is 1. The first-order chi connectivity index (χ1) is 12.3. The normalized spacial score (nSPS) is 10.9. The van der Waals surface area contributed by atoms with Gasteiger partial charge in [-0.3, -0.25) is 0 Å². The SMILES string of the molecule is Clc1ccc2c(NCc3ccco3)nc(Cc3ccccc3)nc2c1. The van der Waals surface area contributed by atoms with E-state index in [2.05, 4.69) is 22.4 Å². The molecule has 0 fully saturated rings. The van der Waals surface area contributed by atoms with Gasteiger partial charge in [0.2, 0.25) is 0 Å². The van der Waals surface area contributed by atoms with Crippen molar-refractivity contribution in [3.05, 3.63) is 89.1 Å². The van der Waals surface area contributed by atoms with Crippen molar-refractivity contribution in [1.82, 2.24) is 9.97 Å². The molecule has 25 heavy (non-hydrogen) atoms. The van der Waals surface area contributed by atoms with E-state index in [0.717, 1.165) is 28.3 Å². The molecule has 2 aromatic heterocycles. The summed E-state index contributed by atoms with van der Waals surface area (Å²) in [4.78, 5) is 9.40. The molecule has 4 rings (SSSR count). The summed E-state index contributed by atoms with van der Waals surface area (Å²) in [5, 5.41) is 4.95. The summed E-state index contributed by atoms with van der Waals surface area (Å²) in [6, 6.07) is 19.6. The van der Waals surface area contributed by atoms with E-state index >= 15 is 0 Å². The second-order valence-electron chi connectivity index (χ2n) is 5.75. The summed E-state index contributed by atoms with van der Waals surface area (Å²) in [7, 11) is 0. The molecule has 2 heterocycles. The largest absolute Gasteiger partial charge is 0.467 e. The highest BCUT2D eigenvalue weighted by molar-refractivity contribution is 6.31. The lowest BCUT2D eigenvalue weighted by atomic mass is 10.1. The van der Waals surface area contributed by atoms with Gasteiger partial charge in [-0.25, -0.2) is 9.97 Å². The van der Waals surface area contributed by atoms with E-state index in [4.69, 9.17) is 21.0 Å². The summed E-state index contributed by atoms with van der Waals surface area (Å²) in [5.41, 5.74) is 2.00. The molecule has 2 aromatic carbocycles. The van der Waals surface area contributed by atoms with E-state index in [0.29, 0.717) is 18.0 Å². The van der Waals surface area contributed by atoms with Crippen LogP contribution in [0.3, 0.4) is 0 Å². The molecule has 0 saturated carbocycles. The van der Waals surface area contributed by atoms with Crippen molar-refractivity contribution in [2.24, 2.45) is 0 Å². The van der Waals surface area contributed by atoms with Crippen LogP contribution in [0.2, 0.25) is 5.02 Å². The second kappa shape index (κ2) is 6.95. The minimum atomic E-state index is 0.562. The van der Waals surface area contributed by atoms with E-state index in [-0.39, 0.29) is 0 Å². The average Bonchev–Trinajstić information content (AvgIpc) is 3.14. The molecule has 1 N–H and O–H groups in total. The van der Waals surface area contributed by atoms with Crippen LogP contribution in [-0.2, 0) is 13.0 Å². The van der Waals surface area contributed by atoms with E-state index < -0.39 is 0 Å². The molecule has 0 saturated heterocycles. The van der Waals surface area contributed by atoms with Crippen LogP contribution in [0.1, 0.15) is 17.1 Å².